The van der Waals surface area contributed by atoms with Gasteiger partial charge in [-0.15, -0.1) is 0 Å². The number of fused-ring (bicyclic) bond motifs is 1. The van der Waals surface area contributed by atoms with E-state index < -0.39 is 23.6 Å². The topological polar surface area (TPSA) is 84.2 Å². The van der Waals surface area contributed by atoms with Crippen LogP contribution in [0.2, 0.25) is 0 Å². The molecule has 1 amide bonds. The smallest absolute Gasteiger partial charge is 0.241 e. The van der Waals surface area contributed by atoms with Crippen molar-refractivity contribution in [3.63, 3.8) is 0 Å². The van der Waals surface area contributed by atoms with Crippen LogP contribution >= 0.6 is 0 Å². The maximum Gasteiger partial charge on any atom is 0.241 e. The highest BCUT2D eigenvalue weighted by molar-refractivity contribution is 5.81. The van der Waals surface area contributed by atoms with Gasteiger partial charge in [-0.1, -0.05) is 18.2 Å². The standard InChI is InChI=1S/C18H15F2N3O3/c19-13-6-5-11(7-14(13)20)16(24)8-21-18(26)10-23-15-4-2-1-3-12(15)17(25)9-22-23/h1-7,9,16,24H,8,10H2,(H,21,26)/t16-/m1/s1. The second kappa shape index (κ2) is 7.40. The fourth-order valence-corrected chi connectivity index (χ4v) is 2.53. The van der Waals surface area contributed by atoms with Crippen LogP contribution in [0.3, 0.4) is 0 Å². The highest BCUT2D eigenvalue weighted by Gasteiger charge is 2.13. The first kappa shape index (κ1) is 17.7. The maximum atomic E-state index is 13.2. The van der Waals surface area contributed by atoms with Gasteiger partial charge in [-0.3, -0.25) is 14.3 Å². The number of nitrogens with one attached hydrogen (secondary N) is 1. The number of para-hydroxylation sites is 1. The fourth-order valence-electron chi connectivity index (χ4n) is 2.53. The highest BCUT2D eigenvalue weighted by atomic mass is 19.2. The zero-order valence-corrected chi connectivity index (χ0v) is 13.5. The first-order valence-electron chi connectivity index (χ1n) is 7.80. The minimum atomic E-state index is -1.19. The Bertz CT molecular complexity index is 1020. The van der Waals surface area contributed by atoms with Crippen molar-refractivity contribution in [1.82, 2.24) is 15.1 Å². The van der Waals surface area contributed by atoms with Gasteiger partial charge in [0.2, 0.25) is 11.3 Å². The van der Waals surface area contributed by atoms with Crippen molar-refractivity contribution in [3.8, 4) is 0 Å². The molecule has 3 rings (SSSR count). The van der Waals surface area contributed by atoms with E-state index in [1.54, 1.807) is 24.3 Å². The first-order valence-corrected chi connectivity index (χ1v) is 7.80. The van der Waals surface area contributed by atoms with Gasteiger partial charge in [0.05, 0.1) is 17.8 Å². The Labute approximate surface area is 146 Å². The minimum Gasteiger partial charge on any atom is -0.387 e. The van der Waals surface area contributed by atoms with Crippen molar-refractivity contribution in [1.29, 1.82) is 0 Å². The summed E-state index contributed by atoms with van der Waals surface area (Å²) >= 11 is 0. The maximum absolute atomic E-state index is 13.2. The van der Waals surface area contributed by atoms with Crippen molar-refractivity contribution in [2.24, 2.45) is 0 Å². The number of benzene rings is 2. The molecule has 134 valence electrons. The third-order valence-corrected chi connectivity index (χ3v) is 3.88. The van der Waals surface area contributed by atoms with Gasteiger partial charge >= 0.3 is 0 Å². The highest BCUT2D eigenvalue weighted by Crippen LogP contribution is 2.15. The van der Waals surface area contributed by atoms with Gasteiger partial charge in [-0.2, -0.15) is 5.10 Å². The predicted molar refractivity (Wildman–Crippen MR) is 90.3 cm³/mol. The SMILES string of the molecule is O=C(Cn1ncc(=O)c2ccccc21)NC[C@@H](O)c1ccc(F)c(F)c1. The van der Waals surface area contributed by atoms with E-state index >= 15 is 0 Å². The Balaban J connectivity index is 1.67. The van der Waals surface area contributed by atoms with Crippen LogP contribution in [0.5, 0.6) is 0 Å². The van der Waals surface area contributed by atoms with Crippen LogP contribution in [-0.2, 0) is 11.3 Å². The minimum absolute atomic E-state index is 0.149. The summed E-state index contributed by atoms with van der Waals surface area (Å²) in [6.07, 6.45) is -0.0565. The number of nitrogens with zero attached hydrogens (tertiary/aromatic N) is 2. The number of hydrogen-bond acceptors (Lipinski definition) is 4. The third-order valence-electron chi connectivity index (χ3n) is 3.88. The average molecular weight is 359 g/mol. The molecule has 0 unspecified atom stereocenters. The number of aliphatic hydroxyl groups excluding tert-OH is 1. The van der Waals surface area contributed by atoms with E-state index in [0.29, 0.717) is 10.9 Å². The molecule has 0 aliphatic heterocycles. The monoisotopic (exact) mass is 359 g/mol. The Hall–Kier alpha value is -3.13. The molecule has 0 saturated carbocycles. The zero-order valence-electron chi connectivity index (χ0n) is 13.5. The van der Waals surface area contributed by atoms with Gasteiger partial charge in [0.25, 0.3) is 0 Å². The van der Waals surface area contributed by atoms with Crippen LogP contribution in [0.25, 0.3) is 10.9 Å². The molecule has 0 bridgehead atoms. The molecule has 0 aliphatic rings. The summed E-state index contributed by atoms with van der Waals surface area (Å²) in [5.41, 5.74) is 0.415. The van der Waals surface area contributed by atoms with E-state index in [-0.39, 0.29) is 24.1 Å². The lowest BCUT2D eigenvalue weighted by Crippen LogP contribution is -2.32. The molecular weight excluding hydrogens is 344 g/mol. The number of aromatic nitrogens is 2. The number of carbonyl (C=O) groups excluding carboxylic acids is 1. The molecule has 1 heterocycles. The molecule has 0 aliphatic carbocycles. The van der Waals surface area contributed by atoms with Gasteiger partial charge in [-0.25, -0.2) is 8.78 Å². The lowest BCUT2D eigenvalue weighted by atomic mass is 10.1. The van der Waals surface area contributed by atoms with Gasteiger partial charge in [0, 0.05) is 11.9 Å². The number of rotatable bonds is 5. The molecular formula is C18H15F2N3O3. The lowest BCUT2D eigenvalue weighted by Gasteiger charge is -2.14. The molecule has 1 atom stereocenters. The van der Waals surface area contributed by atoms with E-state index in [1.165, 1.54) is 10.7 Å². The Kier molecular flexibility index (Phi) is 5.04. The third kappa shape index (κ3) is 3.75. The molecule has 2 aromatic carbocycles. The number of carbonyl (C=O) groups is 1. The summed E-state index contributed by atoms with van der Waals surface area (Å²) in [5.74, 6) is -2.54. The molecule has 26 heavy (non-hydrogen) atoms. The number of amides is 1. The van der Waals surface area contributed by atoms with E-state index in [2.05, 4.69) is 10.4 Å². The summed E-state index contributed by atoms with van der Waals surface area (Å²) < 4.78 is 27.5. The van der Waals surface area contributed by atoms with Gasteiger partial charge in [0.1, 0.15) is 6.54 Å². The molecule has 6 nitrogen and oxygen atoms in total. The largest absolute Gasteiger partial charge is 0.387 e. The number of aliphatic hydroxyl groups is 1. The van der Waals surface area contributed by atoms with E-state index in [0.717, 1.165) is 18.3 Å². The van der Waals surface area contributed by atoms with Crippen LogP contribution in [0.4, 0.5) is 8.78 Å². The number of halogens is 2. The summed E-state index contributed by atoms with van der Waals surface area (Å²) in [4.78, 5) is 23.9. The van der Waals surface area contributed by atoms with Crippen molar-refractivity contribution in [2.45, 2.75) is 12.6 Å². The Morgan fingerprint density at radius 1 is 1.19 bits per heavy atom. The van der Waals surface area contributed by atoms with Crippen LogP contribution in [0.1, 0.15) is 11.7 Å². The Morgan fingerprint density at radius 2 is 1.96 bits per heavy atom. The second-order valence-corrected chi connectivity index (χ2v) is 5.68. The van der Waals surface area contributed by atoms with Crippen molar-refractivity contribution >= 4 is 16.8 Å². The zero-order chi connectivity index (χ0) is 18.7. The van der Waals surface area contributed by atoms with E-state index in [4.69, 9.17) is 0 Å². The quantitative estimate of drug-likeness (QED) is 0.724. The summed E-state index contributed by atoms with van der Waals surface area (Å²) in [6, 6.07) is 9.78. The van der Waals surface area contributed by atoms with Crippen molar-refractivity contribution in [3.05, 3.63) is 76.1 Å². The van der Waals surface area contributed by atoms with E-state index in [1.807, 2.05) is 0 Å². The summed E-state index contributed by atoms with van der Waals surface area (Å²) in [6.45, 7) is -0.340. The molecule has 0 spiro atoms. The molecule has 1 aromatic heterocycles. The predicted octanol–water partition coefficient (Wildman–Crippen LogP) is 1.52. The van der Waals surface area contributed by atoms with Gasteiger partial charge in [0.15, 0.2) is 11.6 Å². The Morgan fingerprint density at radius 3 is 2.73 bits per heavy atom. The van der Waals surface area contributed by atoms with Gasteiger partial charge < -0.3 is 10.4 Å². The summed E-state index contributed by atoms with van der Waals surface area (Å²) in [5, 5.41) is 16.9. The molecule has 0 fully saturated rings. The van der Waals surface area contributed by atoms with Crippen LogP contribution in [-0.4, -0.2) is 27.3 Å². The first-order chi connectivity index (χ1) is 12.5. The second-order valence-electron chi connectivity index (χ2n) is 5.68. The molecule has 8 heteroatoms. The molecule has 0 radical (unpaired) electrons. The normalized spacial score (nSPS) is 12.1. The van der Waals surface area contributed by atoms with Crippen molar-refractivity contribution in [2.75, 3.05) is 6.54 Å². The van der Waals surface area contributed by atoms with Crippen LogP contribution in [0.15, 0.2) is 53.5 Å². The van der Waals surface area contributed by atoms with Gasteiger partial charge in [-0.05, 0) is 29.8 Å². The van der Waals surface area contributed by atoms with Crippen LogP contribution in [0, 0.1) is 11.6 Å². The lowest BCUT2D eigenvalue weighted by molar-refractivity contribution is -0.122. The van der Waals surface area contributed by atoms with E-state index in [9.17, 15) is 23.5 Å². The summed E-state index contributed by atoms with van der Waals surface area (Å²) in [7, 11) is 0. The van der Waals surface area contributed by atoms with Crippen LogP contribution < -0.4 is 10.7 Å². The molecule has 0 saturated heterocycles. The molecule has 3 aromatic rings. The fraction of sp³-hybridized carbons (Fsp3) is 0.167. The average Bonchev–Trinajstić information content (AvgIpc) is 2.64. The molecule has 2 N–H and O–H groups in total. The number of hydrogen-bond donors (Lipinski definition) is 2. The van der Waals surface area contributed by atoms with Crippen molar-refractivity contribution < 1.29 is 18.7 Å².